The molecular formula is C24H28ClN3O4. The number of halogens is 1. The van der Waals surface area contributed by atoms with Crippen molar-refractivity contribution in [1.29, 1.82) is 0 Å². The molecule has 1 fully saturated rings. The quantitative estimate of drug-likeness (QED) is 0.519. The molecule has 2 aromatic rings. The van der Waals surface area contributed by atoms with E-state index in [0.717, 1.165) is 25.7 Å². The Hall–Kier alpha value is -3.06. The molecule has 1 aromatic heterocycles. The summed E-state index contributed by atoms with van der Waals surface area (Å²) in [7, 11) is 0. The van der Waals surface area contributed by atoms with Gasteiger partial charge in [0.15, 0.2) is 0 Å². The number of carbonyl (C=O) groups excluding carboxylic acids is 1. The van der Waals surface area contributed by atoms with Gasteiger partial charge in [-0.15, -0.1) is 6.58 Å². The molecule has 1 heterocycles. The maximum atomic E-state index is 13.3. The van der Waals surface area contributed by atoms with Gasteiger partial charge in [-0.05, 0) is 43.2 Å². The summed E-state index contributed by atoms with van der Waals surface area (Å²) in [5.41, 5.74) is 0.953. The number of hydrogen-bond donors (Lipinski definition) is 1. The second kappa shape index (κ2) is 11.5. The van der Waals surface area contributed by atoms with Crippen LogP contribution in [0, 0.1) is 0 Å². The fourth-order valence-corrected chi connectivity index (χ4v) is 4.20. The standard InChI is InChI=1S/C24H28ClN3O4/c1-2-12-27(20-6-4-3-5-7-20)23(29)18-15-19(25)17-22(16-18)32-14-13-28(24(30)31)21-8-10-26-11-9-21/h2,8-11,15-17,20H,1,3-7,12-14H2,(H,30,31). The Morgan fingerprint density at radius 3 is 2.56 bits per heavy atom. The number of amides is 2. The van der Waals surface area contributed by atoms with Gasteiger partial charge in [-0.3, -0.25) is 14.7 Å². The molecule has 1 aromatic carbocycles. The van der Waals surface area contributed by atoms with E-state index in [0.29, 0.717) is 28.6 Å². The fraction of sp³-hybridized carbons (Fsp3) is 0.375. The number of carboxylic acid groups (broad SMARTS) is 1. The number of anilines is 1. The molecule has 3 rings (SSSR count). The lowest BCUT2D eigenvalue weighted by Gasteiger charge is -2.34. The van der Waals surface area contributed by atoms with Crippen molar-refractivity contribution in [3.05, 3.63) is 66.0 Å². The summed E-state index contributed by atoms with van der Waals surface area (Å²) in [4.78, 5) is 31.8. The molecule has 0 aliphatic heterocycles. The summed E-state index contributed by atoms with van der Waals surface area (Å²) >= 11 is 6.27. The van der Waals surface area contributed by atoms with Crippen molar-refractivity contribution in [2.75, 3.05) is 24.6 Å². The molecule has 0 saturated heterocycles. The van der Waals surface area contributed by atoms with Crippen LogP contribution in [0.1, 0.15) is 42.5 Å². The van der Waals surface area contributed by atoms with Gasteiger partial charge in [0.2, 0.25) is 0 Å². The van der Waals surface area contributed by atoms with Gasteiger partial charge in [-0.1, -0.05) is 36.9 Å². The highest BCUT2D eigenvalue weighted by Crippen LogP contribution is 2.27. The summed E-state index contributed by atoms with van der Waals surface area (Å²) < 4.78 is 5.77. The summed E-state index contributed by atoms with van der Waals surface area (Å²) in [5, 5.41) is 9.88. The Bertz CT molecular complexity index is 932. The molecule has 7 nitrogen and oxygen atoms in total. The first-order valence-corrected chi connectivity index (χ1v) is 11.1. The number of pyridine rings is 1. The first kappa shape index (κ1) is 23.6. The van der Waals surface area contributed by atoms with E-state index in [4.69, 9.17) is 16.3 Å². The minimum Gasteiger partial charge on any atom is -0.492 e. The van der Waals surface area contributed by atoms with Gasteiger partial charge >= 0.3 is 6.09 Å². The number of aromatic nitrogens is 1. The van der Waals surface area contributed by atoms with Crippen molar-refractivity contribution in [1.82, 2.24) is 9.88 Å². The maximum absolute atomic E-state index is 13.3. The molecule has 1 aliphatic rings. The molecule has 8 heteroatoms. The van der Waals surface area contributed by atoms with Gasteiger partial charge in [-0.25, -0.2) is 4.79 Å². The summed E-state index contributed by atoms with van der Waals surface area (Å²) in [6.07, 6.45) is 9.13. The minimum atomic E-state index is -1.09. The van der Waals surface area contributed by atoms with Crippen molar-refractivity contribution in [3.8, 4) is 5.75 Å². The second-order valence-electron chi connectivity index (χ2n) is 7.70. The Kier molecular flexibility index (Phi) is 8.50. The molecule has 170 valence electrons. The van der Waals surface area contributed by atoms with Crippen LogP contribution < -0.4 is 9.64 Å². The molecule has 32 heavy (non-hydrogen) atoms. The third kappa shape index (κ3) is 6.23. The lowest BCUT2D eigenvalue weighted by molar-refractivity contribution is 0.0662. The number of benzene rings is 1. The zero-order valence-corrected chi connectivity index (χ0v) is 18.7. The zero-order valence-electron chi connectivity index (χ0n) is 18.0. The largest absolute Gasteiger partial charge is 0.492 e. The highest BCUT2D eigenvalue weighted by atomic mass is 35.5. The molecule has 0 spiro atoms. The van der Waals surface area contributed by atoms with Crippen LogP contribution in [0.3, 0.4) is 0 Å². The molecule has 0 atom stereocenters. The van der Waals surface area contributed by atoms with Crippen molar-refractivity contribution >= 4 is 29.3 Å². The monoisotopic (exact) mass is 457 g/mol. The average Bonchev–Trinajstić information content (AvgIpc) is 2.80. The number of nitrogens with zero attached hydrogens (tertiary/aromatic N) is 3. The van der Waals surface area contributed by atoms with Crippen molar-refractivity contribution in [2.45, 2.75) is 38.1 Å². The molecule has 0 bridgehead atoms. The highest BCUT2D eigenvalue weighted by molar-refractivity contribution is 6.31. The van der Waals surface area contributed by atoms with Crippen LogP contribution >= 0.6 is 11.6 Å². The summed E-state index contributed by atoms with van der Waals surface area (Å²) in [5.74, 6) is 0.316. The third-order valence-corrected chi connectivity index (χ3v) is 5.73. The number of hydrogen-bond acceptors (Lipinski definition) is 4. The topological polar surface area (TPSA) is 83.0 Å². The van der Waals surface area contributed by atoms with E-state index in [1.807, 2.05) is 4.90 Å². The van der Waals surface area contributed by atoms with Gasteiger partial charge in [0.05, 0.1) is 12.2 Å². The van der Waals surface area contributed by atoms with Gasteiger partial charge in [-0.2, -0.15) is 0 Å². The van der Waals surface area contributed by atoms with Crippen LogP contribution in [0.15, 0.2) is 55.4 Å². The molecule has 2 amide bonds. The summed E-state index contributed by atoms with van der Waals surface area (Å²) in [6.45, 7) is 4.49. The average molecular weight is 458 g/mol. The lowest BCUT2D eigenvalue weighted by atomic mass is 9.93. The van der Waals surface area contributed by atoms with Gasteiger partial charge in [0, 0.05) is 35.6 Å². The molecule has 0 radical (unpaired) electrons. The minimum absolute atomic E-state index is 0.0988. The smallest absolute Gasteiger partial charge is 0.411 e. The maximum Gasteiger partial charge on any atom is 0.411 e. The van der Waals surface area contributed by atoms with E-state index in [9.17, 15) is 14.7 Å². The Morgan fingerprint density at radius 1 is 1.19 bits per heavy atom. The van der Waals surface area contributed by atoms with Crippen molar-refractivity contribution in [2.24, 2.45) is 0 Å². The highest BCUT2D eigenvalue weighted by Gasteiger charge is 2.26. The Balaban J connectivity index is 1.69. The van der Waals surface area contributed by atoms with Crippen molar-refractivity contribution in [3.63, 3.8) is 0 Å². The second-order valence-corrected chi connectivity index (χ2v) is 8.14. The van der Waals surface area contributed by atoms with E-state index in [2.05, 4.69) is 11.6 Å². The number of carbonyl (C=O) groups is 2. The fourth-order valence-electron chi connectivity index (χ4n) is 3.98. The van der Waals surface area contributed by atoms with E-state index in [1.165, 1.54) is 23.7 Å². The molecule has 0 unspecified atom stereocenters. The van der Waals surface area contributed by atoms with Gasteiger partial charge < -0.3 is 14.7 Å². The first-order chi connectivity index (χ1) is 15.5. The number of ether oxygens (including phenoxy) is 1. The van der Waals surface area contributed by atoms with Crippen LogP contribution in [0.5, 0.6) is 5.75 Å². The Labute approximate surface area is 193 Å². The summed E-state index contributed by atoms with van der Waals surface area (Å²) in [6, 6.07) is 8.34. The van der Waals surface area contributed by atoms with Crippen LogP contribution in [0.4, 0.5) is 10.5 Å². The molecule has 1 aliphatic carbocycles. The van der Waals surface area contributed by atoms with Crippen LogP contribution in [0.25, 0.3) is 0 Å². The number of rotatable bonds is 9. The van der Waals surface area contributed by atoms with Crippen LogP contribution in [0.2, 0.25) is 5.02 Å². The Morgan fingerprint density at radius 2 is 1.91 bits per heavy atom. The van der Waals surface area contributed by atoms with E-state index in [1.54, 1.807) is 36.4 Å². The predicted molar refractivity (Wildman–Crippen MR) is 125 cm³/mol. The SMILES string of the molecule is C=CCN(C(=O)c1cc(Cl)cc(OCCN(C(=O)O)c2ccncc2)c1)C1CCCCC1. The normalized spacial score (nSPS) is 13.9. The molecular weight excluding hydrogens is 430 g/mol. The van der Waals surface area contributed by atoms with Crippen LogP contribution in [-0.4, -0.2) is 52.7 Å². The van der Waals surface area contributed by atoms with E-state index >= 15 is 0 Å². The zero-order chi connectivity index (χ0) is 22.9. The molecule has 1 N–H and O–H groups in total. The predicted octanol–water partition coefficient (Wildman–Crippen LogP) is 5.26. The van der Waals surface area contributed by atoms with Crippen LogP contribution in [-0.2, 0) is 0 Å². The van der Waals surface area contributed by atoms with Gasteiger partial charge in [0.25, 0.3) is 5.91 Å². The third-order valence-electron chi connectivity index (χ3n) is 5.51. The van der Waals surface area contributed by atoms with E-state index in [-0.39, 0.29) is 25.1 Å². The molecule has 1 saturated carbocycles. The van der Waals surface area contributed by atoms with E-state index < -0.39 is 6.09 Å². The van der Waals surface area contributed by atoms with Crippen molar-refractivity contribution < 1.29 is 19.4 Å². The first-order valence-electron chi connectivity index (χ1n) is 10.8. The van der Waals surface area contributed by atoms with Gasteiger partial charge in [0.1, 0.15) is 12.4 Å². The lowest BCUT2D eigenvalue weighted by Crippen LogP contribution is -2.41.